The van der Waals surface area contributed by atoms with E-state index in [0.717, 1.165) is 40.1 Å². The van der Waals surface area contributed by atoms with Crippen molar-refractivity contribution in [2.24, 2.45) is 5.73 Å². The van der Waals surface area contributed by atoms with Gasteiger partial charge in [-0.1, -0.05) is 30.3 Å². The first-order valence-electron chi connectivity index (χ1n) is 7.38. The van der Waals surface area contributed by atoms with Crippen molar-refractivity contribution in [1.82, 2.24) is 10.2 Å². The summed E-state index contributed by atoms with van der Waals surface area (Å²) in [5.41, 5.74) is 13.0. The van der Waals surface area contributed by atoms with Crippen LogP contribution in [0.3, 0.4) is 0 Å². The lowest BCUT2D eigenvalue weighted by Gasteiger charge is -2.03. The van der Waals surface area contributed by atoms with Crippen LogP contribution in [0.25, 0.3) is 22.5 Å². The van der Waals surface area contributed by atoms with Crippen molar-refractivity contribution < 1.29 is 9.90 Å². The van der Waals surface area contributed by atoms with Crippen molar-refractivity contribution in [3.05, 3.63) is 64.7 Å². The molecule has 0 saturated carbocycles. The van der Waals surface area contributed by atoms with Crippen molar-refractivity contribution in [2.45, 2.75) is 13.0 Å². The van der Waals surface area contributed by atoms with E-state index in [9.17, 15) is 9.90 Å². The van der Waals surface area contributed by atoms with E-state index >= 15 is 0 Å². The highest BCUT2D eigenvalue weighted by Gasteiger charge is 2.25. The molecule has 5 heteroatoms. The number of amides is 1. The molecule has 1 aliphatic rings. The minimum atomic E-state index is -0.437. The molecule has 4 rings (SSSR count). The predicted octanol–water partition coefficient (Wildman–Crippen LogP) is 2.24. The molecule has 1 aliphatic carbocycles. The van der Waals surface area contributed by atoms with Crippen molar-refractivity contribution in [1.29, 1.82) is 0 Å². The third-order valence-corrected chi connectivity index (χ3v) is 4.30. The Morgan fingerprint density at radius 3 is 2.70 bits per heavy atom. The summed E-state index contributed by atoms with van der Waals surface area (Å²) in [6, 6.07) is 13.1. The van der Waals surface area contributed by atoms with E-state index in [4.69, 9.17) is 5.73 Å². The largest absolute Gasteiger partial charge is 0.392 e. The molecular weight excluding hydrogens is 290 g/mol. The Labute approximate surface area is 132 Å². The van der Waals surface area contributed by atoms with Crippen LogP contribution < -0.4 is 5.73 Å². The number of hydrogen-bond acceptors (Lipinski definition) is 3. The lowest BCUT2D eigenvalue weighted by atomic mass is 10.0. The first kappa shape index (κ1) is 13.7. The SMILES string of the molecule is NC(=O)c1ccc(-c2n[nH]c3c2Cc2cc(CO)ccc2-3)cc1. The Kier molecular flexibility index (Phi) is 3.02. The van der Waals surface area contributed by atoms with Gasteiger partial charge in [0.25, 0.3) is 0 Å². The number of aromatic nitrogens is 2. The number of fused-ring (bicyclic) bond motifs is 3. The van der Waals surface area contributed by atoms with Crippen LogP contribution in [0, 0.1) is 0 Å². The summed E-state index contributed by atoms with van der Waals surface area (Å²) < 4.78 is 0. The number of nitrogens with one attached hydrogen (secondary N) is 1. The van der Waals surface area contributed by atoms with Crippen molar-refractivity contribution in [3.8, 4) is 22.5 Å². The predicted molar refractivity (Wildman–Crippen MR) is 86.7 cm³/mol. The highest BCUT2D eigenvalue weighted by atomic mass is 16.3. The Balaban J connectivity index is 1.75. The molecule has 1 amide bonds. The molecule has 0 bridgehead atoms. The fourth-order valence-corrected chi connectivity index (χ4v) is 3.12. The van der Waals surface area contributed by atoms with E-state index in [2.05, 4.69) is 10.2 Å². The van der Waals surface area contributed by atoms with Gasteiger partial charge in [-0.15, -0.1) is 0 Å². The van der Waals surface area contributed by atoms with Crippen LogP contribution in [0.15, 0.2) is 42.5 Å². The number of carbonyl (C=O) groups is 1. The summed E-state index contributed by atoms with van der Waals surface area (Å²) in [5, 5.41) is 16.8. The standard InChI is InChI=1S/C18H15N3O2/c19-18(23)12-4-2-11(3-5-12)16-15-8-13-7-10(9-22)1-6-14(13)17(15)21-20-16/h1-7,22H,8-9H2,(H2,19,23)(H,20,21). The highest BCUT2D eigenvalue weighted by molar-refractivity contribution is 5.93. The molecule has 4 N–H and O–H groups in total. The van der Waals surface area contributed by atoms with Gasteiger partial charge in [0.05, 0.1) is 18.0 Å². The summed E-state index contributed by atoms with van der Waals surface area (Å²) in [7, 11) is 0. The summed E-state index contributed by atoms with van der Waals surface area (Å²) in [6.07, 6.45) is 0.780. The van der Waals surface area contributed by atoms with Crippen LogP contribution in [0.5, 0.6) is 0 Å². The lowest BCUT2D eigenvalue weighted by Crippen LogP contribution is -2.10. The molecule has 5 nitrogen and oxygen atoms in total. The number of nitrogens with two attached hydrogens (primary N) is 1. The molecule has 2 aromatic carbocycles. The smallest absolute Gasteiger partial charge is 0.248 e. The number of primary amides is 1. The van der Waals surface area contributed by atoms with E-state index in [1.165, 1.54) is 5.56 Å². The zero-order valence-corrected chi connectivity index (χ0v) is 12.3. The van der Waals surface area contributed by atoms with Gasteiger partial charge in [-0.05, 0) is 23.3 Å². The number of hydrogen-bond donors (Lipinski definition) is 3. The first-order valence-corrected chi connectivity index (χ1v) is 7.38. The monoisotopic (exact) mass is 305 g/mol. The zero-order valence-electron chi connectivity index (χ0n) is 12.3. The molecule has 0 atom stereocenters. The number of H-pyrrole nitrogens is 1. The van der Waals surface area contributed by atoms with E-state index in [0.29, 0.717) is 5.56 Å². The van der Waals surface area contributed by atoms with Gasteiger partial charge >= 0.3 is 0 Å². The Morgan fingerprint density at radius 2 is 2.00 bits per heavy atom. The van der Waals surface area contributed by atoms with Gasteiger partial charge in [0.15, 0.2) is 0 Å². The van der Waals surface area contributed by atoms with Crippen LogP contribution in [-0.2, 0) is 13.0 Å². The van der Waals surface area contributed by atoms with Gasteiger partial charge in [-0.25, -0.2) is 0 Å². The summed E-state index contributed by atoms with van der Waals surface area (Å²) >= 11 is 0. The van der Waals surface area contributed by atoms with Crippen molar-refractivity contribution in [2.75, 3.05) is 0 Å². The van der Waals surface area contributed by atoms with Crippen LogP contribution in [0.1, 0.15) is 27.0 Å². The molecule has 0 unspecified atom stereocenters. The summed E-state index contributed by atoms with van der Waals surface area (Å²) in [4.78, 5) is 11.2. The third kappa shape index (κ3) is 2.13. The molecule has 23 heavy (non-hydrogen) atoms. The number of aromatic amines is 1. The van der Waals surface area contributed by atoms with Gasteiger partial charge in [-0.3, -0.25) is 9.89 Å². The van der Waals surface area contributed by atoms with Crippen LogP contribution in [0.2, 0.25) is 0 Å². The van der Waals surface area contributed by atoms with Crippen LogP contribution in [0.4, 0.5) is 0 Å². The molecule has 0 aliphatic heterocycles. The maximum absolute atomic E-state index is 11.2. The molecule has 3 aromatic rings. The Bertz CT molecular complexity index is 911. The first-order chi connectivity index (χ1) is 11.2. The summed E-state index contributed by atoms with van der Waals surface area (Å²) in [5.74, 6) is -0.437. The van der Waals surface area contributed by atoms with E-state index in [1.54, 1.807) is 12.1 Å². The fourth-order valence-electron chi connectivity index (χ4n) is 3.12. The number of aliphatic hydroxyl groups excluding tert-OH is 1. The third-order valence-electron chi connectivity index (χ3n) is 4.30. The van der Waals surface area contributed by atoms with Gasteiger partial charge in [0, 0.05) is 28.7 Å². The van der Waals surface area contributed by atoms with Gasteiger partial charge < -0.3 is 10.8 Å². The van der Waals surface area contributed by atoms with Gasteiger partial charge in [0.1, 0.15) is 0 Å². The number of benzene rings is 2. The molecule has 1 aromatic heterocycles. The second-order valence-electron chi connectivity index (χ2n) is 5.69. The lowest BCUT2D eigenvalue weighted by molar-refractivity contribution is 0.100. The van der Waals surface area contributed by atoms with Gasteiger partial charge in [-0.2, -0.15) is 5.10 Å². The molecule has 0 spiro atoms. The molecule has 0 radical (unpaired) electrons. The number of carbonyl (C=O) groups excluding carboxylic acids is 1. The van der Waals surface area contributed by atoms with Crippen molar-refractivity contribution in [3.63, 3.8) is 0 Å². The number of rotatable bonds is 3. The van der Waals surface area contributed by atoms with E-state index < -0.39 is 5.91 Å². The maximum Gasteiger partial charge on any atom is 0.248 e. The molecular formula is C18H15N3O2. The minimum absolute atomic E-state index is 0.0426. The summed E-state index contributed by atoms with van der Waals surface area (Å²) in [6.45, 7) is 0.0426. The topological polar surface area (TPSA) is 92.0 Å². The Morgan fingerprint density at radius 1 is 1.22 bits per heavy atom. The number of aliphatic hydroxyl groups is 1. The second-order valence-corrected chi connectivity index (χ2v) is 5.69. The molecule has 1 heterocycles. The highest BCUT2D eigenvalue weighted by Crippen LogP contribution is 2.40. The second kappa shape index (κ2) is 5.07. The van der Waals surface area contributed by atoms with Crippen molar-refractivity contribution >= 4 is 5.91 Å². The fraction of sp³-hybridized carbons (Fsp3) is 0.111. The van der Waals surface area contributed by atoms with Crippen LogP contribution in [-0.4, -0.2) is 21.2 Å². The average Bonchev–Trinajstić information content (AvgIpc) is 3.13. The van der Waals surface area contributed by atoms with Gasteiger partial charge in [0.2, 0.25) is 5.91 Å². The minimum Gasteiger partial charge on any atom is -0.392 e. The van der Waals surface area contributed by atoms with E-state index in [1.807, 2.05) is 30.3 Å². The van der Waals surface area contributed by atoms with Crippen LogP contribution >= 0.6 is 0 Å². The van der Waals surface area contributed by atoms with E-state index in [-0.39, 0.29) is 6.61 Å². The zero-order chi connectivity index (χ0) is 16.0. The Hall–Kier alpha value is -2.92. The maximum atomic E-state index is 11.2. The average molecular weight is 305 g/mol. The molecule has 0 saturated heterocycles. The normalized spacial score (nSPS) is 12.0. The quantitative estimate of drug-likeness (QED) is 0.542. The molecule has 0 fully saturated rings. The number of nitrogens with zero attached hydrogens (tertiary/aromatic N) is 1. The molecule has 114 valence electrons.